The molecule has 7 heteroatoms. The van der Waals surface area contributed by atoms with Crippen molar-refractivity contribution >= 4 is 29.2 Å². The molecule has 20 heavy (non-hydrogen) atoms. The quantitative estimate of drug-likeness (QED) is 0.796. The normalized spacial score (nSPS) is 17.8. The topological polar surface area (TPSA) is 78.5 Å². The minimum Gasteiger partial charge on any atom is -0.341 e. The van der Waals surface area contributed by atoms with Gasteiger partial charge in [0.15, 0.2) is 0 Å². The van der Waals surface area contributed by atoms with Gasteiger partial charge < -0.3 is 10.2 Å². The lowest BCUT2D eigenvalue weighted by molar-refractivity contribution is -0.130. The highest BCUT2D eigenvalue weighted by molar-refractivity contribution is 7.10. The molecular formula is C13H17N3O3S. The number of hydrogen-bond donors (Lipinski definition) is 2. The number of carbonyl (C=O) groups is 3. The van der Waals surface area contributed by atoms with Crippen LogP contribution in [0.5, 0.6) is 0 Å². The number of nitrogens with one attached hydrogen (secondary N) is 2. The Bertz CT molecular complexity index is 541. The first kappa shape index (κ1) is 14.5. The Balaban J connectivity index is 1.81. The SMILES string of the molecule is Cc1ccsc1CN(C)C(=O)CCC1NC(=O)NC1=O. The number of nitrogens with zero attached hydrogens (tertiary/aromatic N) is 1. The zero-order valence-electron chi connectivity index (χ0n) is 11.4. The highest BCUT2D eigenvalue weighted by Crippen LogP contribution is 2.17. The number of thiophene rings is 1. The van der Waals surface area contributed by atoms with Crippen molar-refractivity contribution in [3.05, 3.63) is 21.9 Å². The number of hydrogen-bond acceptors (Lipinski definition) is 4. The second-order valence-electron chi connectivity index (χ2n) is 4.83. The van der Waals surface area contributed by atoms with Crippen molar-refractivity contribution in [2.24, 2.45) is 0 Å². The Kier molecular flexibility index (Phi) is 4.39. The summed E-state index contributed by atoms with van der Waals surface area (Å²) in [5.74, 6) is -0.397. The fourth-order valence-corrected chi connectivity index (χ4v) is 2.95. The maximum atomic E-state index is 12.0. The molecule has 1 saturated heterocycles. The van der Waals surface area contributed by atoms with Crippen molar-refractivity contribution < 1.29 is 14.4 Å². The van der Waals surface area contributed by atoms with Crippen LogP contribution >= 0.6 is 11.3 Å². The molecule has 1 aromatic heterocycles. The van der Waals surface area contributed by atoms with E-state index in [1.807, 2.05) is 18.4 Å². The van der Waals surface area contributed by atoms with Crippen molar-refractivity contribution in [1.29, 1.82) is 0 Å². The average Bonchev–Trinajstić information content (AvgIpc) is 2.93. The molecule has 0 aliphatic carbocycles. The van der Waals surface area contributed by atoms with E-state index < -0.39 is 12.1 Å². The number of carbonyl (C=O) groups excluding carboxylic acids is 3. The molecule has 1 atom stereocenters. The molecule has 4 amide bonds. The van der Waals surface area contributed by atoms with Gasteiger partial charge in [0.2, 0.25) is 5.91 Å². The van der Waals surface area contributed by atoms with Crippen LogP contribution in [0, 0.1) is 6.92 Å². The van der Waals surface area contributed by atoms with Crippen LogP contribution < -0.4 is 10.6 Å². The molecule has 108 valence electrons. The molecule has 2 N–H and O–H groups in total. The molecular weight excluding hydrogens is 278 g/mol. The summed E-state index contributed by atoms with van der Waals surface area (Å²) in [4.78, 5) is 37.1. The molecule has 1 aliphatic rings. The third-order valence-electron chi connectivity index (χ3n) is 3.28. The van der Waals surface area contributed by atoms with Gasteiger partial charge in [0.25, 0.3) is 5.91 Å². The van der Waals surface area contributed by atoms with Gasteiger partial charge in [-0.1, -0.05) is 0 Å². The highest BCUT2D eigenvalue weighted by atomic mass is 32.1. The summed E-state index contributed by atoms with van der Waals surface area (Å²) in [6.45, 7) is 2.59. The zero-order chi connectivity index (χ0) is 14.7. The van der Waals surface area contributed by atoms with E-state index >= 15 is 0 Å². The van der Waals surface area contributed by atoms with Crippen LogP contribution in [-0.2, 0) is 16.1 Å². The minimum atomic E-state index is -0.594. The summed E-state index contributed by atoms with van der Waals surface area (Å²) in [5, 5.41) is 6.64. The zero-order valence-corrected chi connectivity index (χ0v) is 12.3. The first-order valence-electron chi connectivity index (χ1n) is 6.35. The fourth-order valence-electron chi connectivity index (χ4n) is 1.99. The van der Waals surface area contributed by atoms with Crippen molar-refractivity contribution in [2.45, 2.75) is 32.4 Å². The summed E-state index contributed by atoms with van der Waals surface area (Å²) in [6, 6.07) is 0.940. The fraction of sp³-hybridized carbons (Fsp3) is 0.462. The van der Waals surface area contributed by atoms with Crippen LogP contribution in [0.4, 0.5) is 4.79 Å². The van der Waals surface area contributed by atoms with E-state index in [1.165, 1.54) is 5.56 Å². The lowest BCUT2D eigenvalue weighted by atomic mass is 10.1. The Labute approximate surface area is 121 Å². The van der Waals surface area contributed by atoms with Gasteiger partial charge in [-0.2, -0.15) is 0 Å². The van der Waals surface area contributed by atoms with Crippen LogP contribution in [0.25, 0.3) is 0 Å². The molecule has 2 heterocycles. The maximum absolute atomic E-state index is 12.0. The lowest BCUT2D eigenvalue weighted by Crippen LogP contribution is -2.32. The molecule has 0 aromatic carbocycles. The van der Waals surface area contributed by atoms with Crippen molar-refractivity contribution in [2.75, 3.05) is 7.05 Å². The van der Waals surface area contributed by atoms with Crippen LogP contribution in [0.1, 0.15) is 23.3 Å². The smallest absolute Gasteiger partial charge is 0.322 e. The van der Waals surface area contributed by atoms with Gasteiger partial charge in [-0.15, -0.1) is 11.3 Å². The molecule has 2 rings (SSSR count). The number of imide groups is 1. The van der Waals surface area contributed by atoms with Gasteiger partial charge >= 0.3 is 6.03 Å². The van der Waals surface area contributed by atoms with E-state index in [-0.39, 0.29) is 18.2 Å². The van der Waals surface area contributed by atoms with Crippen LogP contribution in [0.2, 0.25) is 0 Å². The van der Waals surface area contributed by atoms with E-state index in [9.17, 15) is 14.4 Å². The summed E-state index contributed by atoms with van der Waals surface area (Å²) in [5.41, 5.74) is 1.18. The maximum Gasteiger partial charge on any atom is 0.322 e. The molecule has 1 aliphatic heterocycles. The lowest BCUT2D eigenvalue weighted by Gasteiger charge is -2.17. The van der Waals surface area contributed by atoms with Gasteiger partial charge in [0.05, 0.1) is 6.54 Å². The summed E-state index contributed by atoms with van der Waals surface area (Å²) < 4.78 is 0. The monoisotopic (exact) mass is 295 g/mol. The van der Waals surface area contributed by atoms with Crippen molar-refractivity contribution in [1.82, 2.24) is 15.5 Å². The average molecular weight is 295 g/mol. The molecule has 0 radical (unpaired) electrons. The second kappa shape index (κ2) is 6.04. The van der Waals surface area contributed by atoms with Crippen molar-refractivity contribution in [3.8, 4) is 0 Å². The Hall–Kier alpha value is -1.89. The molecule has 1 aromatic rings. The van der Waals surface area contributed by atoms with E-state index in [2.05, 4.69) is 10.6 Å². The molecule has 0 bridgehead atoms. The number of urea groups is 1. The molecule has 0 saturated carbocycles. The summed E-state index contributed by atoms with van der Waals surface area (Å²) in [6.07, 6.45) is 0.559. The first-order valence-corrected chi connectivity index (χ1v) is 7.23. The molecule has 1 unspecified atom stereocenters. The molecule has 1 fully saturated rings. The predicted octanol–water partition coefficient (Wildman–Crippen LogP) is 1.00. The predicted molar refractivity (Wildman–Crippen MR) is 75.2 cm³/mol. The highest BCUT2D eigenvalue weighted by Gasteiger charge is 2.29. The first-order chi connectivity index (χ1) is 9.47. The van der Waals surface area contributed by atoms with Gasteiger partial charge in [-0.3, -0.25) is 14.9 Å². The Morgan fingerprint density at radius 2 is 2.20 bits per heavy atom. The molecule has 0 spiro atoms. The molecule has 6 nitrogen and oxygen atoms in total. The van der Waals surface area contributed by atoms with Crippen molar-refractivity contribution in [3.63, 3.8) is 0 Å². The van der Waals surface area contributed by atoms with Gasteiger partial charge in [-0.05, 0) is 30.4 Å². The summed E-state index contributed by atoms with van der Waals surface area (Å²) in [7, 11) is 1.74. The van der Waals surface area contributed by atoms with E-state index in [1.54, 1.807) is 23.3 Å². The van der Waals surface area contributed by atoms with Crippen LogP contribution in [0.3, 0.4) is 0 Å². The largest absolute Gasteiger partial charge is 0.341 e. The van der Waals surface area contributed by atoms with Gasteiger partial charge in [0, 0.05) is 18.3 Å². The van der Waals surface area contributed by atoms with Crippen LogP contribution in [-0.4, -0.2) is 35.8 Å². The second-order valence-corrected chi connectivity index (χ2v) is 5.83. The standard InChI is InChI=1S/C13H17N3O3S/c1-8-5-6-20-10(8)7-16(2)11(17)4-3-9-12(18)15-13(19)14-9/h5-6,9H,3-4,7H2,1-2H3,(H2,14,15,18,19). The third kappa shape index (κ3) is 3.36. The Morgan fingerprint density at radius 3 is 2.75 bits per heavy atom. The number of amides is 4. The van der Waals surface area contributed by atoms with E-state index in [0.717, 1.165) is 4.88 Å². The van der Waals surface area contributed by atoms with Gasteiger partial charge in [-0.25, -0.2) is 4.79 Å². The van der Waals surface area contributed by atoms with E-state index in [4.69, 9.17) is 0 Å². The third-order valence-corrected chi connectivity index (χ3v) is 4.29. The number of aryl methyl sites for hydroxylation is 1. The minimum absolute atomic E-state index is 0.0354. The van der Waals surface area contributed by atoms with Crippen LogP contribution in [0.15, 0.2) is 11.4 Å². The van der Waals surface area contributed by atoms with E-state index in [0.29, 0.717) is 13.0 Å². The Morgan fingerprint density at radius 1 is 1.45 bits per heavy atom. The van der Waals surface area contributed by atoms with Gasteiger partial charge in [0.1, 0.15) is 6.04 Å². The number of rotatable bonds is 5. The summed E-state index contributed by atoms with van der Waals surface area (Å²) >= 11 is 1.62.